The molecule has 1 heterocycles. The second kappa shape index (κ2) is 6.58. The summed E-state index contributed by atoms with van der Waals surface area (Å²) in [6.45, 7) is 4.98. The van der Waals surface area contributed by atoms with Gasteiger partial charge in [-0.3, -0.25) is 0 Å². The molecule has 6 heteroatoms. The van der Waals surface area contributed by atoms with E-state index < -0.39 is 12.0 Å². The van der Waals surface area contributed by atoms with Gasteiger partial charge >= 0.3 is 12.0 Å². The van der Waals surface area contributed by atoms with E-state index in [4.69, 9.17) is 9.84 Å². The number of hydrogen-bond acceptors (Lipinski definition) is 3. The third-order valence-electron chi connectivity index (χ3n) is 3.80. The molecular weight excluding hydrogens is 272 g/mol. The first-order valence-corrected chi connectivity index (χ1v) is 6.98. The van der Waals surface area contributed by atoms with Crippen molar-refractivity contribution in [3.05, 3.63) is 29.3 Å². The molecule has 1 aliphatic heterocycles. The SMILES string of the molecule is Cc1cccc(C(=O)O)c1NC(=O)NCC1CCOC1C. The van der Waals surface area contributed by atoms with Crippen molar-refractivity contribution in [2.75, 3.05) is 18.5 Å². The van der Waals surface area contributed by atoms with Crippen LogP contribution in [0.1, 0.15) is 29.3 Å². The number of carboxylic acids is 1. The fourth-order valence-electron chi connectivity index (χ4n) is 2.44. The van der Waals surface area contributed by atoms with Crippen LogP contribution in [-0.2, 0) is 4.74 Å². The molecule has 0 saturated carbocycles. The largest absolute Gasteiger partial charge is 0.478 e. The number of ether oxygens (including phenoxy) is 1. The monoisotopic (exact) mass is 292 g/mol. The van der Waals surface area contributed by atoms with E-state index in [0.29, 0.717) is 23.7 Å². The average Bonchev–Trinajstić information content (AvgIpc) is 2.84. The van der Waals surface area contributed by atoms with Crippen LogP contribution in [0.4, 0.5) is 10.5 Å². The molecule has 2 unspecified atom stereocenters. The van der Waals surface area contributed by atoms with Gasteiger partial charge in [0.15, 0.2) is 0 Å². The molecular formula is C15H20N2O4. The summed E-state index contributed by atoms with van der Waals surface area (Å²) in [5.41, 5.74) is 1.13. The van der Waals surface area contributed by atoms with Crippen LogP contribution in [-0.4, -0.2) is 36.4 Å². The van der Waals surface area contributed by atoms with Gasteiger partial charge in [0, 0.05) is 19.1 Å². The lowest BCUT2D eigenvalue weighted by Crippen LogP contribution is -2.35. The van der Waals surface area contributed by atoms with E-state index in [9.17, 15) is 9.59 Å². The highest BCUT2D eigenvalue weighted by Crippen LogP contribution is 2.21. The van der Waals surface area contributed by atoms with Gasteiger partial charge in [-0.05, 0) is 31.9 Å². The number of aromatic carboxylic acids is 1. The standard InChI is InChI=1S/C15H20N2O4/c1-9-4-3-5-12(14(18)19)13(9)17-15(20)16-8-11-6-7-21-10(11)2/h3-5,10-11H,6-8H2,1-2H3,(H,18,19)(H2,16,17,20). The number of carbonyl (C=O) groups excluding carboxylic acids is 1. The molecule has 0 aromatic heterocycles. The number of nitrogens with one attached hydrogen (secondary N) is 2. The van der Waals surface area contributed by atoms with Gasteiger partial charge in [-0.2, -0.15) is 0 Å². The Morgan fingerprint density at radius 2 is 2.19 bits per heavy atom. The maximum absolute atomic E-state index is 11.9. The van der Waals surface area contributed by atoms with E-state index in [0.717, 1.165) is 13.0 Å². The molecule has 3 N–H and O–H groups in total. The van der Waals surface area contributed by atoms with E-state index in [2.05, 4.69) is 10.6 Å². The summed E-state index contributed by atoms with van der Waals surface area (Å²) in [5, 5.41) is 14.6. The third-order valence-corrected chi connectivity index (χ3v) is 3.80. The number of hydrogen-bond donors (Lipinski definition) is 3. The molecule has 21 heavy (non-hydrogen) atoms. The first kappa shape index (κ1) is 15.3. The van der Waals surface area contributed by atoms with Crippen LogP contribution in [0.2, 0.25) is 0 Å². The summed E-state index contributed by atoms with van der Waals surface area (Å²) < 4.78 is 5.44. The number of carboxylic acid groups (broad SMARTS) is 1. The summed E-state index contributed by atoms with van der Waals surface area (Å²) in [7, 11) is 0. The topological polar surface area (TPSA) is 87.7 Å². The molecule has 0 spiro atoms. The number of anilines is 1. The van der Waals surface area contributed by atoms with Gasteiger partial charge in [0.25, 0.3) is 0 Å². The van der Waals surface area contributed by atoms with Crippen molar-refractivity contribution in [3.63, 3.8) is 0 Å². The second-order valence-electron chi connectivity index (χ2n) is 5.26. The van der Waals surface area contributed by atoms with E-state index in [1.807, 2.05) is 6.92 Å². The minimum atomic E-state index is -1.06. The average molecular weight is 292 g/mol. The molecule has 2 amide bonds. The number of benzene rings is 1. The van der Waals surface area contributed by atoms with Crippen LogP contribution in [0.3, 0.4) is 0 Å². The summed E-state index contributed by atoms with van der Waals surface area (Å²) in [5.74, 6) is -0.765. The highest BCUT2D eigenvalue weighted by atomic mass is 16.5. The Morgan fingerprint density at radius 1 is 1.43 bits per heavy atom. The zero-order valence-electron chi connectivity index (χ0n) is 12.2. The third kappa shape index (κ3) is 3.72. The van der Waals surface area contributed by atoms with Crippen LogP contribution in [0.5, 0.6) is 0 Å². The summed E-state index contributed by atoms with van der Waals surface area (Å²) in [6, 6.07) is 4.48. The minimum absolute atomic E-state index is 0.0858. The Hall–Kier alpha value is -2.08. The number of aryl methyl sites for hydroxylation is 1. The molecule has 2 atom stereocenters. The Morgan fingerprint density at radius 3 is 2.81 bits per heavy atom. The fraction of sp³-hybridized carbons (Fsp3) is 0.467. The first-order valence-electron chi connectivity index (χ1n) is 6.98. The van der Waals surface area contributed by atoms with Crippen molar-refractivity contribution in [1.82, 2.24) is 5.32 Å². The van der Waals surface area contributed by atoms with Crippen molar-refractivity contribution in [3.8, 4) is 0 Å². The summed E-state index contributed by atoms with van der Waals surface area (Å²) in [4.78, 5) is 23.1. The number of urea groups is 1. The van der Waals surface area contributed by atoms with Crippen molar-refractivity contribution in [2.45, 2.75) is 26.4 Å². The van der Waals surface area contributed by atoms with Crippen LogP contribution >= 0.6 is 0 Å². The van der Waals surface area contributed by atoms with Crippen molar-refractivity contribution >= 4 is 17.7 Å². The lowest BCUT2D eigenvalue weighted by atomic mass is 10.0. The Bertz CT molecular complexity index is 544. The van der Waals surface area contributed by atoms with Crippen molar-refractivity contribution in [2.24, 2.45) is 5.92 Å². The molecule has 1 aromatic rings. The number of amides is 2. The predicted octanol–water partition coefficient (Wildman–Crippen LogP) is 2.24. The van der Waals surface area contributed by atoms with Gasteiger partial charge in [0.1, 0.15) is 0 Å². The Kier molecular flexibility index (Phi) is 4.80. The molecule has 114 valence electrons. The molecule has 2 rings (SSSR count). The molecule has 1 fully saturated rings. The smallest absolute Gasteiger partial charge is 0.337 e. The molecule has 1 aromatic carbocycles. The number of carbonyl (C=O) groups is 2. The molecule has 1 aliphatic rings. The molecule has 6 nitrogen and oxygen atoms in total. The molecule has 0 aliphatic carbocycles. The predicted molar refractivity (Wildman–Crippen MR) is 78.7 cm³/mol. The van der Waals surface area contributed by atoms with Gasteiger partial charge in [-0.25, -0.2) is 9.59 Å². The maximum Gasteiger partial charge on any atom is 0.337 e. The summed E-state index contributed by atoms with van der Waals surface area (Å²) >= 11 is 0. The minimum Gasteiger partial charge on any atom is -0.478 e. The number of para-hydroxylation sites is 1. The maximum atomic E-state index is 11.9. The quantitative estimate of drug-likeness (QED) is 0.794. The molecule has 0 bridgehead atoms. The second-order valence-corrected chi connectivity index (χ2v) is 5.26. The van der Waals surface area contributed by atoms with Crippen LogP contribution in [0.25, 0.3) is 0 Å². The molecule has 1 saturated heterocycles. The Balaban J connectivity index is 1.98. The van der Waals surface area contributed by atoms with Crippen LogP contribution in [0.15, 0.2) is 18.2 Å². The number of rotatable bonds is 4. The van der Waals surface area contributed by atoms with Crippen molar-refractivity contribution < 1.29 is 19.4 Å². The molecule has 0 radical (unpaired) electrons. The zero-order valence-corrected chi connectivity index (χ0v) is 12.2. The highest BCUT2D eigenvalue weighted by Gasteiger charge is 2.24. The van der Waals surface area contributed by atoms with Gasteiger partial charge in [-0.1, -0.05) is 12.1 Å². The fourth-order valence-corrected chi connectivity index (χ4v) is 2.44. The van der Waals surface area contributed by atoms with Gasteiger partial charge in [0.2, 0.25) is 0 Å². The van der Waals surface area contributed by atoms with E-state index >= 15 is 0 Å². The van der Waals surface area contributed by atoms with Crippen LogP contribution in [0, 0.1) is 12.8 Å². The van der Waals surface area contributed by atoms with E-state index in [1.54, 1.807) is 19.1 Å². The normalized spacial score (nSPS) is 21.0. The van der Waals surface area contributed by atoms with E-state index in [1.165, 1.54) is 6.07 Å². The van der Waals surface area contributed by atoms with E-state index in [-0.39, 0.29) is 11.7 Å². The summed E-state index contributed by atoms with van der Waals surface area (Å²) in [6.07, 6.45) is 1.06. The van der Waals surface area contributed by atoms with Crippen molar-refractivity contribution in [1.29, 1.82) is 0 Å². The van der Waals surface area contributed by atoms with Gasteiger partial charge in [0.05, 0.1) is 17.4 Å². The van der Waals surface area contributed by atoms with Crippen LogP contribution < -0.4 is 10.6 Å². The lowest BCUT2D eigenvalue weighted by molar-refractivity contribution is 0.0698. The zero-order chi connectivity index (χ0) is 15.4. The first-order chi connectivity index (χ1) is 9.99. The highest BCUT2D eigenvalue weighted by molar-refractivity contribution is 6.00. The Labute approximate surface area is 123 Å². The van der Waals surface area contributed by atoms with Gasteiger partial charge in [-0.15, -0.1) is 0 Å². The van der Waals surface area contributed by atoms with Gasteiger partial charge < -0.3 is 20.5 Å². The lowest BCUT2D eigenvalue weighted by Gasteiger charge is -2.16.